The highest BCUT2D eigenvalue weighted by atomic mass is 19.1. The Morgan fingerprint density at radius 2 is 1.76 bits per heavy atom. The van der Waals surface area contributed by atoms with Crippen molar-refractivity contribution in [3.8, 4) is 33.8 Å². The van der Waals surface area contributed by atoms with E-state index in [0.717, 1.165) is 80.9 Å². The van der Waals surface area contributed by atoms with Crippen molar-refractivity contribution in [1.82, 2.24) is 39.9 Å². The summed E-state index contributed by atoms with van der Waals surface area (Å²) in [4.78, 5) is 21.3. The summed E-state index contributed by atoms with van der Waals surface area (Å²) in [5.41, 5.74) is 8.38. The van der Waals surface area contributed by atoms with Crippen molar-refractivity contribution in [2.24, 2.45) is 0 Å². The molecule has 6 aromatic rings. The molecule has 1 aromatic carbocycles. The third-order valence-corrected chi connectivity index (χ3v) is 6.92. The van der Waals surface area contributed by atoms with Gasteiger partial charge in [0, 0.05) is 60.2 Å². The number of rotatable bonds is 9. The van der Waals surface area contributed by atoms with Crippen molar-refractivity contribution in [2.75, 3.05) is 46.6 Å². The van der Waals surface area contributed by atoms with Crippen molar-refractivity contribution < 1.29 is 4.39 Å². The van der Waals surface area contributed by atoms with Crippen molar-refractivity contribution in [3.05, 3.63) is 78.6 Å². The summed E-state index contributed by atoms with van der Waals surface area (Å²) in [5.74, 6) is -0.293. The molecule has 9 nitrogen and oxygen atoms in total. The Balaban J connectivity index is 1.37. The van der Waals surface area contributed by atoms with E-state index in [2.05, 4.69) is 51.3 Å². The minimum atomic E-state index is -0.293. The van der Waals surface area contributed by atoms with E-state index in [-0.39, 0.29) is 5.82 Å². The molecule has 0 amide bonds. The zero-order chi connectivity index (χ0) is 28.5. The first-order valence-electron chi connectivity index (χ1n) is 13.4. The van der Waals surface area contributed by atoms with E-state index in [0.29, 0.717) is 5.65 Å². The second kappa shape index (κ2) is 11.1. The second-order valence-corrected chi connectivity index (χ2v) is 10.8. The normalized spacial score (nSPS) is 11.8. The Labute approximate surface area is 237 Å². The summed E-state index contributed by atoms with van der Waals surface area (Å²) < 4.78 is 14.7. The number of hydrogen-bond acceptors (Lipinski definition) is 7. The predicted octanol–water partition coefficient (Wildman–Crippen LogP) is 5.40. The number of aromatic nitrogens is 6. The van der Waals surface area contributed by atoms with Crippen molar-refractivity contribution in [2.45, 2.75) is 6.54 Å². The standard InChI is InChI=1S/C31H32FN9/c1-40(2)8-7-34-23-11-20(10-22(32)12-23)24-5-6-35-31-25(24)13-28(37-31)30-26-14-27(36-17-29(26)38-39-30)21-9-19(15-33-16-21)18-41(3)4/h5-6,9-17,34H,7-8,18H2,1-4H3,(H,35,37)(H,38,39). The van der Waals surface area contributed by atoms with Crippen LogP contribution in [0.3, 0.4) is 0 Å². The zero-order valence-electron chi connectivity index (χ0n) is 23.5. The Bertz CT molecular complexity index is 1840. The van der Waals surface area contributed by atoms with Gasteiger partial charge in [-0.3, -0.25) is 15.1 Å². The topological polar surface area (TPSA) is 102 Å². The molecular formula is C31H32FN9. The maximum absolute atomic E-state index is 14.7. The molecule has 0 saturated heterocycles. The summed E-state index contributed by atoms with van der Waals surface area (Å²) in [7, 11) is 8.09. The van der Waals surface area contributed by atoms with Crippen LogP contribution in [0.5, 0.6) is 0 Å². The fourth-order valence-electron chi connectivity index (χ4n) is 5.04. The van der Waals surface area contributed by atoms with Crippen LogP contribution >= 0.6 is 0 Å². The largest absolute Gasteiger partial charge is 0.384 e. The SMILES string of the molecule is CN(C)CCNc1cc(F)cc(-c2ccnc3[nH]c(-c4n[nH]c5cnc(-c6cncc(CN(C)C)c6)cc45)cc23)c1. The van der Waals surface area contributed by atoms with Crippen LogP contribution in [0.15, 0.2) is 67.3 Å². The van der Waals surface area contributed by atoms with Gasteiger partial charge in [0.1, 0.15) is 17.2 Å². The number of benzene rings is 1. The number of H-pyrrole nitrogens is 2. The van der Waals surface area contributed by atoms with E-state index in [1.165, 1.54) is 6.07 Å². The average molecular weight is 550 g/mol. The van der Waals surface area contributed by atoms with Crippen LogP contribution in [0.2, 0.25) is 0 Å². The van der Waals surface area contributed by atoms with Crippen LogP contribution < -0.4 is 5.32 Å². The van der Waals surface area contributed by atoms with E-state index < -0.39 is 0 Å². The van der Waals surface area contributed by atoms with Crippen LogP contribution in [0.25, 0.3) is 55.7 Å². The molecule has 0 saturated carbocycles. The Morgan fingerprint density at radius 3 is 2.59 bits per heavy atom. The summed E-state index contributed by atoms with van der Waals surface area (Å²) in [5, 5.41) is 12.8. The molecule has 0 radical (unpaired) electrons. The first-order valence-corrected chi connectivity index (χ1v) is 13.4. The summed E-state index contributed by atoms with van der Waals surface area (Å²) in [6.07, 6.45) is 7.24. The number of nitrogens with zero attached hydrogens (tertiary/aromatic N) is 6. The molecule has 0 unspecified atom stereocenters. The molecule has 3 N–H and O–H groups in total. The Kier molecular flexibility index (Phi) is 7.17. The minimum absolute atomic E-state index is 0.293. The third kappa shape index (κ3) is 5.65. The molecule has 0 spiro atoms. The number of likely N-dealkylation sites (N-methyl/N-ethyl adjacent to an activating group) is 1. The van der Waals surface area contributed by atoms with Gasteiger partial charge in [0.15, 0.2) is 0 Å². The highest BCUT2D eigenvalue weighted by molar-refractivity contribution is 6.00. The maximum Gasteiger partial charge on any atom is 0.138 e. The number of aromatic amines is 2. The van der Waals surface area contributed by atoms with Gasteiger partial charge in [0.2, 0.25) is 0 Å². The van der Waals surface area contributed by atoms with Crippen LogP contribution in [-0.2, 0) is 6.54 Å². The molecule has 5 aromatic heterocycles. The van der Waals surface area contributed by atoms with Crippen LogP contribution in [-0.4, -0.2) is 81.2 Å². The molecule has 0 fully saturated rings. The van der Waals surface area contributed by atoms with Gasteiger partial charge in [-0.1, -0.05) is 0 Å². The summed E-state index contributed by atoms with van der Waals surface area (Å²) in [6.45, 7) is 2.36. The number of fused-ring (bicyclic) bond motifs is 2. The van der Waals surface area contributed by atoms with Gasteiger partial charge in [-0.25, -0.2) is 9.37 Å². The van der Waals surface area contributed by atoms with Gasteiger partial charge in [0.05, 0.1) is 23.1 Å². The monoisotopic (exact) mass is 549 g/mol. The average Bonchev–Trinajstić information content (AvgIpc) is 3.56. The lowest BCUT2D eigenvalue weighted by Gasteiger charge is -2.13. The number of pyridine rings is 3. The lowest BCUT2D eigenvalue weighted by molar-refractivity contribution is 0.402. The molecule has 0 aliphatic rings. The number of halogens is 1. The van der Waals surface area contributed by atoms with Gasteiger partial charge < -0.3 is 20.1 Å². The molecule has 10 heteroatoms. The summed E-state index contributed by atoms with van der Waals surface area (Å²) in [6, 6.07) is 13.1. The molecule has 5 heterocycles. The van der Waals surface area contributed by atoms with Crippen LogP contribution in [0, 0.1) is 5.82 Å². The second-order valence-electron chi connectivity index (χ2n) is 10.8. The highest BCUT2D eigenvalue weighted by Crippen LogP contribution is 2.35. The van der Waals surface area contributed by atoms with Gasteiger partial charge in [-0.15, -0.1) is 0 Å². The molecule has 0 bridgehead atoms. The maximum atomic E-state index is 14.7. The van der Waals surface area contributed by atoms with Gasteiger partial charge >= 0.3 is 0 Å². The van der Waals surface area contributed by atoms with Crippen molar-refractivity contribution in [1.29, 1.82) is 0 Å². The zero-order valence-corrected chi connectivity index (χ0v) is 23.5. The fraction of sp³-hybridized carbons (Fsp3) is 0.226. The third-order valence-electron chi connectivity index (χ3n) is 6.92. The highest BCUT2D eigenvalue weighted by Gasteiger charge is 2.16. The first kappa shape index (κ1) is 26.5. The number of hydrogen-bond donors (Lipinski definition) is 3. The minimum Gasteiger partial charge on any atom is -0.384 e. The molecule has 6 rings (SSSR count). The quantitative estimate of drug-likeness (QED) is 0.222. The fourth-order valence-corrected chi connectivity index (χ4v) is 5.04. The van der Waals surface area contributed by atoms with E-state index >= 15 is 0 Å². The van der Waals surface area contributed by atoms with Gasteiger partial charge in [-0.05, 0) is 87.3 Å². The van der Waals surface area contributed by atoms with Gasteiger partial charge in [-0.2, -0.15) is 5.10 Å². The predicted molar refractivity (Wildman–Crippen MR) is 162 cm³/mol. The van der Waals surface area contributed by atoms with Crippen molar-refractivity contribution >= 4 is 27.6 Å². The Morgan fingerprint density at radius 1 is 0.878 bits per heavy atom. The number of nitrogens with one attached hydrogen (secondary N) is 3. The van der Waals surface area contributed by atoms with Crippen molar-refractivity contribution in [3.63, 3.8) is 0 Å². The summed E-state index contributed by atoms with van der Waals surface area (Å²) >= 11 is 0. The lowest BCUT2D eigenvalue weighted by Crippen LogP contribution is -2.20. The molecule has 0 aliphatic heterocycles. The molecule has 208 valence electrons. The molecule has 0 aliphatic carbocycles. The molecule has 0 atom stereocenters. The van der Waals surface area contributed by atoms with E-state index in [1.807, 2.05) is 64.8 Å². The van der Waals surface area contributed by atoms with E-state index in [1.54, 1.807) is 18.5 Å². The molecule has 41 heavy (non-hydrogen) atoms. The molecular weight excluding hydrogens is 517 g/mol. The first-order chi connectivity index (χ1) is 19.8. The van der Waals surface area contributed by atoms with E-state index in [9.17, 15) is 4.39 Å². The van der Waals surface area contributed by atoms with Crippen LogP contribution in [0.4, 0.5) is 10.1 Å². The van der Waals surface area contributed by atoms with Gasteiger partial charge in [0.25, 0.3) is 0 Å². The van der Waals surface area contributed by atoms with Crippen LogP contribution in [0.1, 0.15) is 5.56 Å². The van der Waals surface area contributed by atoms with E-state index in [4.69, 9.17) is 0 Å². The smallest absolute Gasteiger partial charge is 0.138 e. The number of anilines is 1. The Hall–Kier alpha value is -4.67. The lowest BCUT2D eigenvalue weighted by atomic mass is 10.0.